The highest BCUT2D eigenvalue weighted by Crippen LogP contribution is 2.23. The van der Waals surface area contributed by atoms with E-state index >= 15 is 0 Å². The van der Waals surface area contributed by atoms with Crippen LogP contribution in [0.4, 0.5) is 0 Å². The number of nitrogens with zero attached hydrogens (tertiary/aromatic N) is 2. The highest BCUT2D eigenvalue weighted by molar-refractivity contribution is 5.94. The minimum Gasteiger partial charge on any atom is -0.477 e. The molecule has 0 atom stereocenters. The molecule has 0 spiro atoms. The number of carboxylic acid groups (broad SMARTS) is 1. The van der Waals surface area contributed by atoms with Crippen LogP contribution >= 0.6 is 0 Å². The second kappa shape index (κ2) is 3.81. The molecule has 0 saturated heterocycles. The van der Waals surface area contributed by atoms with Gasteiger partial charge in [-0.1, -0.05) is 29.8 Å². The van der Waals surface area contributed by atoms with Gasteiger partial charge in [-0.05, 0) is 12.5 Å². The molecule has 0 amide bonds. The molecule has 1 aromatic heterocycles. The second-order valence-electron chi connectivity index (χ2n) is 3.70. The number of rotatable bonds is 2. The summed E-state index contributed by atoms with van der Waals surface area (Å²) in [5.74, 6) is -0.962. The summed E-state index contributed by atoms with van der Waals surface area (Å²) >= 11 is 0. The van der Waals surface area contributed by atoms with E-state index < -0.39 is 5.97 Å². The van der Waals surface area contributed by atoms with Gasteiger partial charge in [0.05, 0.1) is 6.20 Å². The van der Waals surface area contributed by atoms with Gasteiger partial charge in [0.2, 0.25) is 0 Å². The molecule has 2 aromatic rings. The number of carbonyl (C=O) groups is 1. The van der Waals surface area contributed by atoms with Gasteiger partial charge in [0, 0.05) is 12.6 Å². The van der Waals surface area contributed by atoms with Crippen LogP contribution in [0.2, 0.25) is 0 Å². The van der Waals surface area contributed by atoms with Crippen molar-refractivity contribution in [1.82, 2.24) is 9.78 Å². The molecule has 4 heteroatoms. The number of benzene rings is 1. The number of hydrogen-bond donors (Lipinski definition) is 1. The molecule has 1 N–H and O–H groups in total. The van der Waals surface area contributed by atoms with E-state index in [0.717, 1.165) is 11.1 Å². The zero-order valence-electron chi connectivity index (χ0n) is 9.14. The second-order valence-corrected chi connectivity index (χ2v) is 3.70. The predicted molar refractivity (Wildman–Crippen MR) is 60.3 cm³/mol. The molecule has 2 rings (SSSR count). The molecular formula is C12H12N2O2. The fraction of sp³-hybridized carbons (Fsp3) is 0.167. The van der Waals surface area contributed by atoms with Crippen LogP contribution in [-0.4, -0.2) is 20.9 Å². The minimum atomic E-state index is -0.962. The van der Waals surface area contributed by atoms with Gasteiger partial charge in [0.1, 0.15) is 0 Å². The third-order valence-corrected chi connectivity index (χ3v) is 2.50. The predicted octanol–water partition coefficient (Wildman–Crippen LogP) is 2.09. The first-order chi connectivity index (χ1) is 7.59. The first kappa shape index (κ1) is 10.4. The molecule has 0 bridgehead atoms. The van der Waals surface area contributed by atoms with Gasteiger partial charge < -0.3 is 5.11 Å². The Kier molecular flexibility index (Phi) is 2.48. The fourth-order valence-corrected chi connectivity index (χ4v) is 1.64. The Hall–Kier alpha value is -2.10. The molecule has 4 nitrogen and oxygen atoms in total. The summed E-state index contributed by atoms with van der Waals surface area (Å²) in [4.78, 5) is 11.1. The molecule has 1 heterocycles. The SMILES string of the molecule is Cc1ccc(-c2cnn(C)c2C(=O)O)cc1. The summed E-state index contributed by atoms with van der Waals surface area (Å²) in [7, 11) is 1.63. The number of aryl methyl sites for hydroxylation is 2. The maximum absolute atomic E-state index is 11.1. The number of aromatic nitrogens is 2. The third kappa shape index (κ3) is 1.69. The molecule has 0 aliphatic heterocycles. The summed E-state index contributed by atoms with van der Waals surface area (Å²) in [6, 6.07) is 7.71. The van der Waals surface area contributed by atoms with Crippen molar-refractivity contribution in [3.05, 3.63) is 41.7 Å². The maximum Gasteiger partial charge on any atom is 0.354 e. The standard InChI is InChI=1S/C12H12N2O2/c1-8-3-5-9(6-4-8)10-7-13-14(2)11(10)12(15)16/h3-7H,1-2H3,(H,15,16). The number of carboxylic acids is 1. The van der Waals surface area contributed by atoms with Gasteiger partial charge in [-0.15, -0.1) is 0 Å². The Morgan fingerprint density at radius 1 is 1.31 bits per heavy atom. The Morgan fingerprint density at radius 3 is 2.50 bits per heavy atom. The van der Waals surface area contributed by atoms with E-state index in [1.165, 1.54) is 4.68 Å². The summed E-state index contributed by atoms with van der Waals surface area (Å²) in [5.41, 5.74) is 2.87. The average Bonchev–Trinajstić information content (AvgIpc) is 2.61. The van der Waals surface area contributed by atoms with Crippen molar-refractivity contribution >= 4 is 5.97 Å². The molecule has 0 aliphatic carbocycles. The van der Waals surface area contributed by atoms with Crippen LogP contribution in [-0.2, 0) is 7.05 Å². The summed E-state index contributed by atoms with van der Waals surface area (Å²) in [6.45, 7) is 1.99. The molecule has 16 heavy (non-hydrogen) atoms. The molecule has 1 aromatic carbocycles. The van der Waals surface area contributed by atoms with Gasteiger partial charge in [-0.25, -0.2) is 4.79 Å². The number of hydrogen-bond acceptors (Lipinski definition) is 2. The molecule has 0 fully saturated rings. The minimum absolute atomic E-state index is 0.212. The summed E-state index contributed by atoms with van der Waals surface area (Å²) in [6.07, 6.45) is 1.58. The Balaban J connectivity index is 2.56. The van der Waals surface area contributed by atoms with Gasteiger partial charge in [0.15, 0.2) is 5.69 Å². The monoisotopic (exact) mass is 216 g/mol. The van der Waals surface area contributed by atoms with Crippen molar-refractivity contribution in [2.45, 2.75) is 6.92 Å². The maximum atomic E-state index is 11.1. The lowest BCUT2D eigenvalue weighted by atomic mass is 10.1. The van der Waals surface area contributed by atoms with Crippen molar-refractivity contribution in [2.75, 3.05) is 0 Å². The normalized spacial score (nSPS) is 10.4. The lowest BCUT2D eigenvalue weighted by Gasteiger charge is -2.02. The topological polar surface area (TPSA) is 55.1 Å². The lowest BCUT2D eigenvalue weighted by molar-refractivity contribution is 0.0686. The van der Waals surface area contributed by atoms with E-state index in [0.29, 0.717) is 5.56 Å². The van der Waals surface area contributed by atoms with Gasteiger partial charge >= 0.3 is 5.97 Å². The van der Waals surface area contributed by atoms with Crippen LogP contribution in [0.25, 0.3) is 11.1 Å². The van der Waals surface area contributed by atoms with Crippen molar-refractivity contribution in [3.63, 3.8) is 0 Å². The van der Waals surface area contributed by atoms with Crippen molar-refractivity contribution in [3.8, 4) is 11.1 Å². The van der Waals surface area contributed by atoms with Gasteiger partial charge in [-0.2, -0.15) is 5.10 Å². The van der Waals surface area contributed by atoms with Crippen molar-refractivity contribution < 1.29 is 9.90 Å². The molecule has 0 radical (unpaired) electrons. The fourth-order valence-electron chi connectivity index (χ4n) is 1.64. The molecule has 0 saturated carbocycles. The van der Waals surface area contributed by atoms with Crippen LogP contribution < -0.4 is 0 Å². The molecule has 0 aliphatic rings. The third-order valence-electron chi connectivity index (χ3n) is 2.50. The smallest absolute Gasteiger partial charge is 0.354 e. The quantitative estimate of drug-likeness (QED) is 0.836. The van der Waals surface area contributed by atoms with Crippen LogP contribution in [0, 0.1) is 6.92 Å². The van der Waals surface area contributed by atoms with E-state index in [-0.39, 0.29) is 5.69 Å². The van der Waals surface area contributed by atoms with Gasteiger partial charge in [-0.3, -0.25) is 4.68 Å². The zero-order chi connectivity index (χ0) is 11.7. The number of aromatic carboxylic acids is 1. The average molecular weight is 216 g/mol. The van der Waals surface area contributed by atoms with Crippen LogP contribution in [0.5, 0.6) is 0 Å². The highest BCUT2D eigenvalue weighted by Gasteiger charge is 2.16. The van der Waals surface area contributed by atoms with Crippen molar-refractivity contribution in [1.29, 1.82) is 0 Å². The highest BCUT2D eigenvalue weighted by atomic mass is 16.4. The molecular weight excluding hydrogens is 204 g/mol. The Labute approximate surface area is 93.1 Å². The summed E-state index contributed by atoms with van der Waals surface area (Å²) < 4.78 is 1.37. The lowest BCUT2D eigenvalue weighted by Crippen LogP contribution is -2.06. The van der Waals surface area contributed by atoms with Crippen LogP contribution in [0.15, 0.2) is 30.5 Å². The Bertz CT molecular complexity index is 526. The van der Waals surface area contributed by atoms with Gasteiger partial charge in [0.25, 0.3) is 0 Å². The molecule has 0 unspecified atom stereocenters. The van der Waals surface area contributed by atoms with Crippen molar-refractivity contribution in [2.24, 2.45) is 7.05 Å². The Morgan fingerprint density at radius 2 is 1.94 bits per heavy atom. The van der Waals surface area contributed by atoms with E-state index in [9.17, 15) is 4.79 Å². The largest absolute Gasteiger partial charge is 0.477 e. The first-order valence-corrected chi connectivity index (χ1v) is 4.92. The zero-order valence-corrected chi connectivity index (χ0v) is 9.14. The van der Waals surface area contributed by atoms with E-state index in [4.69, 9.17) is 5.11 Å². The first-order valence-electron chi connectivity index (χ1n) is 4.92. The van der Waals surface area contributed by atoms with E-state index in [1.807, 2.05) is 31.2 Å². The summed E-state index contributed by atoms with van der Waals surface area (Å²) in [5, 5.41) is 13.1. The van der Waals surface area contributed by atoms with E-state index in [1.54, 1.807) is 13.2 Å². The van der Waals surface area contributed by atoms with Crippen LogP contribution in [0.1, 0.15) is 16.1 Å². The van der Waals surface area contributed by atoms with Crippen LogP contribution in [0.3, 0.4) is 0 Å². The molecule has 82 valence electrons. The van der Waals surface area contributed by atoms with E-state index in [2.05, 4.69) is 5.10 Å².